The van der Waals surface area contributed by atoms with Crippen LogP contribution in [0.5, 0.6) is 0 Å². The van der Waals surface area contributed by atoms with Gasteiger partial charge in [0.25, 0.3) is 0 Å². The summed E-state index contributed by atoms with van der Waals surface area (Å²) in [5.41, 5.74) is 0.586. The fourth-order valence-corrected chi connectivity index (χ4v) is 2.99. The number of oxime groups is 1. The lowest BCUT2D eigenvalue weighted by Gasteiger charge is -2.15. The first-order valence-corrected chi connectivity index (χ1v) is 9.89. The van der Waals surface area contributed by atoms with E-state index in [0.717, 1.165) is 6.21 Å². The van der Waals surface area contributed by atoms with E-state index in [-0.39, 0.29) is 16.1 Å². The summed E-state index contributed by atoms with van der Waals surface area (Å²) in [6.07, 6.45) is 0.868. The molecular weight excluding hydrogens is 460 g/mol. The van der Waals surface area contributed by atoms with E-state index in [9.17, 15) is 9.59 Å². The number of anilines is 2. The molecule has 0 spiro atoms. The number of nitrogens with one attached hydrogen (secondary N) is 2. The molecule has 0 fully saturated rings. The zero-order valence-corrected chi connectivity index (χ0v) is 18.4. The molecule has 154 valence electrons. The molecule has 2 rings (SSSR count). The molecule has 10 heteroatoms. The van der Waals surface area contributed by atoms with Crippen molar-refractivity contribution in [3.8, 4) is 0 Å². The molecule has 0 aliphatic rings. The van der Waals surface area contributed by atoms with Crippen molar-refractivity contribution in [2.75, 3.05) is 10.6 Å². The molecule has 0 saturated carbocycles. The minimum Gasteiger partial charge on any atom is -0.393 e. The van der Waals surface area contributed by atoms with Crippen molar-refractivity contribution in [3.05, 3.63) is 56.5 Å². The Morgan fingerprint density at radius 2 is 1.34 bits per heavy atom. The first kappa shape index (κ1) is 23.3. The second-order valence-corrected chi connectivity index (χ2v) is 7.80. The van der Waals surface area contributed by atoms with Gasteiger partial charge in [0.05, 0.1) is 27.6 Å². The van der Waals surface area contributed by atoms with Gasteiger partial charge >= 0.3 is 0 Å². The molecule has 0 aliphatic carbocycles. The minimum absolute atomic E-state index is 0.223. The maximum atomic E-state index is 12.7. The summed E-state index contributed by atoms with van der Waals surface area (Å²) in [6, 6.07) is 9.10. The molecule has 0 atom stereocenters. The van der Waals surface area contributed by atoms with Crippen LogP contribution in [-0.4, -0.2) is 24.1 Å². The van der Waals surface area contributed by atoms with Gasteiger partial charge in [-0.25, -0.2) is 0 Å². The monoisotopic (exact) mass is 475 g/mol. The van der Waals surface area contributed by atoms with Gasteiger partial charge in [-0.15, -0.1) is 0 Å². The van der Waals surface area contributed by atoms with Crippen molar-refractivity contribution in [1.82, 2.24) is 0 Å². The van der Waals surface area contributed by atoms with Crippen molar-refractivity contribution in [2.24, 2.45) is 11.1 Å². The number of hydrogen-bond acceptors (Lipinski definition) is 4. The van der Waals surface area contributed by atoms with Crippen molar-refractivity contribution in [1.29, 1.82) is 0 Å². The molecule has 0 aliphatic heterocycles. The number of halogens is 4. The Labute approximate surface area is 188 Å². The van der Waals surface area contributed by atoms with Crippen LogP contribution in [0.25, 0.3) is 0 Å². The van der Waals surface area contributed by atoms with Gasteiger partial charge in [-0.1, -0.05) is 51.6 Å². The molecular formula is C19H17Cl4N3O3. The van der Waals surface area contributed by atoms with E-state index >= 15 is 0 Å². The molecule has 2 N–H and O–H groups in total. The van der Waals surface area contributed by atoms with Gasteiger partial charge in [0, 0.05) is 10.0 Å². The molecule has 0 heterocycles. The summed E-state index contributed by atoms with van der Waals surface area (Å²) < 4.78 is 0. The van der Waals surface area contributed by atoms with Crippen LogP contribution in [-0.2, 0) is 14.4 Å². The molecule has 0 bridgehead atoms. The standard InChI is InChI=1S/C19H17Cl4N3O3/c1-10(2)29-24-9-13(18(27)25-16-5-3-11(20)7-14(16)22)19(28)26-17-6-4-12(21)8-15(17)23/h3-10,13H,1-2H3,(H,25,27)(H,26,28)/b24-9-. The molecule has 2 aromatic rings. The van der Waals surface area contributed by atoms with Crippen molar-refractivity contribution >= 4 is 75.8 Å². The molecule has 29 heavy (non-hydrogen) atoms. The van der Waals surface area contributed by atoms with E-state index < -0.39 is 17.7 Å². The Morgan fingerprint density at radius 1 is 0.897 bits per heavy atom. The number of carbonyl (C=O) groups is 2. The van der Waals surface area contributed by atoms with E-state index in [2.05, 4.69) is 15.8 Å². The largest absolute Gasteiger partial charge is 0.393 e. The lowest BCUT2D eigenvalue weighted by atomic mass is 10.1. The van der Waals surface area contributed by atoms with Gasteiger partial charge < -0.3 is 15.5 Å². The normalized spacial score (nSPS) is 11.2. The highest BCUT2D eigenvalue weighted by molar-refractivity contribution is 6.38. The Hall–Kier alpha value is -1.99. The summed E-state index contributed by atoms with van der Waals surface area (Å²) in [5.74, 6) is -2.67. The third-order valence-electron chi connectivity index (χ3n) is 3.42. The fraction of sp³-hybridized carbons (Fsp3) is 0.211. The molecule has 0 unspecified atom stereocenters. The predicted octanol–water partition coefficient (Wildman–Crippen LogP) is 5.90. The average Bonchev–Trinajstić information content (AvgIpc) is 2.63. The molecule has 2 amide bonds. The van der Waals surface area contributed by atoms with Crippen LogP contribution in [0, 0.1) is 5.92 Å². The predicted molar refractivity (Wildman–Crippen MR) is 118 cm³/mol. The highest BCUT2D eigenvalue weighted by atomic mass is 35.5. The maximum absolute atomic E-state index is 12.7. The third-order valence-corrected chi connectivity index (χ3v) is 4.52. The van der Waals surface area contributed by atoms with E-state index in [1.54, 1.807) is 26.0 Å². The van der Waals surface area contributed by atoms with Gasteiger partial charge in [0.15, 0.2) is 5.92 Å². The van der Waals surface area contributed by atoms with E-state index in [1.807, 2.05) is 0 Å². The smallest absolute Gasteiger partial charge is 0.242 e. The highest BCUT2D eigenvalue weighted by Gasteiger charge is 2.27. The minimum atomic E-state index is -1.33. The summed E-state index contributed by atoms with van der Waals surface area (Å²) in [5, 5.41) is 10.1. The maximum Gasteiger partial charge on any atom is 0.242 e. The molecule has 0 radical (unpaired) electrons. The summed E-state index contributed by atoms with van der Waals surface area (Å²) in [6.45, 7) is 3.51. The van der Waals surface area contributed by atoms with Gasteiger partial charge in [-0.05, 0) is 50.2 Å². The fourth-order valence-electron chi connectivity index (χ4n) is 2.07. The van der Waals surface area contributed by atoms with E-state index in [1.165, 1.54) is 24.3 Å². The van der Waals surface area contributed by atoms with Crippen LogP contribution in [0.2, 0.25) is 20.1 Å². The Kier molecular flexibility index (Phi) is 8.59. The first-order chi connectivity index (χ1) is 13.7. The van der Waals surface area contributed by atoms with Crippen molar-refractivity contribution < 1.29 is 14.4 Å². The zero-order chi connectivity index (χ0) is 21.6. The lowest BCUT2D eigenvalue weighted by Crippen LogP contribution is -2.35. The van der Waals surface area contributed by atoms with Crippen molar-refractivity contribution in [3.63, 3.8) is 0 Å². The topological polar surface area (TPSA) is 79.8 Å². The van der Waals surface area contributed by atoms with Crippen LogP contribution in [0.1, 0.15) is 13.8 Å². The van der Waals surface area contributed by atoms with Crippen LogP contribution in [0.4, 0.5) is 11.4 Å². The van der Waals surface area contributed by atoms with Crippen LogP contribution >= 0.6 is 46.4 Å². The van der Waals surface area contributed by atoms with Gasteiger partial charge in [-0.3, -0.25) is 9.59 Å². The Bertz CT molecular complexity index is 869. The van der Waals surface area contributed by atoms with Crippen LogP contribution < -0.4 is 10.6 Å². The average molecular weight is 477 g/mol. The number of amides is 2. The lowest BCUT2D eigenvalue weighted by molar-refractivity contribution is -0.126. The van der Waals surface area contributed by atoms with Crippen molar-refractivity contribution in [2.45, 2.75) is 20.0 Å². The first-order valence-electron chi connectivity index (χ1n) is 8.38. The number of benzene rings is 2. The van der Waals surface area contributed by atoms with Gasteiger partial charge in [0.2, 0.25) is 11.8 Å². The number of hydrogen-bond donors (Lipinski definition) is 2. The Morgan fingerprint density at radius 3 is 1.72 bits per heavy atom. The second kappa shape index (κ2) is 10.7. The molecule has 0 saturated heterocycles. The quantitative estimate of drug-likeness (QED) is 0.296. The van der Waals surface area contributed by atoms with Crippen LogP contribution in [0.15, 0.2) is 41.6 Å². The Balaban J connectivity index is 2.23. The number of rotatable bonds is 7. The van der Waals surface area contributed by atoms with Gasteiger partial charge in [0.1, 0.15) is 6.10 Å². The molecule has 2 aromatic carbocycles. The third kappa shape index (κ3) is 7.08. The van der Waals surface area contributed by atoms with Crippen LogP contribution in [0.3, 0.4) is 0 Å². The van der Waals surface area contributed by atoms with E-state index in [0.29, 0.717) is 21.4 Å². The second-order valence-electron chi connectivity index (χ2n) is 6.11. The highest BCUT2D eigenvalue weighted by Crippen LogP contribution is 2.27. The van der Waals surface area contributed by atoms with E-state index in [4.69, 9.17) is 51.2 Å². The molecule has 0 aromatic heterocycles. The molecule has 6 nitrogen and oxygen atoms in total. The number of carbonyl (C=O) groups excluding carboxylic acids is 2. The summed E-state index contributed by atoms with van der Waals surface area (Å²) in [4.78, 5) is 30.5. The zero-order valence-electron chi connectivity index (χ0n) is 15.4. The SMILES string of the molecule is CC(C)O/N=C\C(C(=O)Nc1ccc(Cl)cc1Cl)C(=O)Nc1ccc(Cl)cc1Cl. The van der Waals surface area contributed by atoms with Gasteiger partial charge in [-0.2, -0.15) is 0 Å². The number of nitrogens with zero attached hydrogens (tertiary/aromatic N) is 1. The summed E-state index contributed by atoms with van der Waals surface area (Å²) >= 11 is 23.9. The summed E-state index contributed by atoms with van der Waals surface area (Å²) in [7, 11) is 0.